The van der Waals surface area contributed by atoms with Crippen molar-refractivity contribution in [3.63, 3.8) is 0 Å². The summed E-state index contributed by atoms with van der Waals surface area (Å²) in [6.45, 7) is 0.828. The maximum Gasteiger partial charge on any atom is 0.182 e. The van der Waals surface area contributed by atoms with E-state index >= 15 is 0 Å². The lowest BCUT2D eigenvalue weighted by atomic mass is 10.4. The molecule has 1 aliphatic carbocycles. The van der Waals surface area contributed by atoms with Crippen molar-refractivity contribution in [1.82, 2.24) is 0 Å². The SMILES string of the molecule is C1CC(N=NC2CC2)N=N1. The third-order valence-electron chi connectivity index (χ3n) is 1.61. The van der Waals surface area contributed by atoms with Crippen LogP contribution in [0.4, 0.5) is 0 Å². The van der Waals surface area contributed by atoms with Gasteiger partial charge >= 0.3 is 0 Å². The van der Waals surface area contributed by atoms with Gasteiger partial charge in [-0.2, -0.15) is 20.5 Å². The minimum Gasteiger partial charge on any atom is -0.192 e. The molecule has 1 heterocycles. The molecule has 0 aromatic carbocycles. The summed E-state index contributed by atoms with van der Waals surface area (Å²) >= 11 is 0. The van der Waals surface area contributed by atoms with Crippen LogP contribution in [0, 0.1) is 0 Å². The highest BCUT2D eigenvalue weighted by atomic mass is 15.3. The summed E-state index contributed by atoms with van der Waals surface area (Å²) in [6.07, 6.45) is 3.44. The lowest BCUT2D eigenvalue weighted by Crippen LogP contribution is -1.93. The molecule has 2 rings (SSSR count). The van der Waals surface area contributed by atoms with Crippen LogP contribution in [-0.2, 0) is 0 Å². The summed E-state index contributed by atoms with van der Waals surface area (Å²) in [5.41, 5.74) is 0. The third-order valence-corrected chi connectivity index (χ3v) is 1.61. The van der Waals surface area contributed by atoms with E-state index in [0.29, 0.717) is 6.04 Å². The lowest BCUT2D eigenvalue weighted by molar-refractivity contribution is 0.658. The summed E-state index contributed by atoms with van der Waals surface area (Å²) in [4.78, 5) is 0. The van der Waals surface area contributed by atoms with Crippen LogP contribution in [-0.4, -0.2) is 18.8 Å². The molecule has 4 nitrogen and oxygen atoms in total. The number of rotatable bonds is 2. The van der Waals surface area contributed by atoms with E-state index in [9.17, 15) is 0 Å². The normalized spacial score (nSPS) is 32.2. The molecule has 54 valence electrons. The number of azo groups is 2. The van der Waals surface area contributed by atoms with E-state index < -0.39 is 0 Å². The van der Waals surface area contributed by atoms with Crippen molar-refractivity contribution in [2.24, 2.45) is 20.5 Å². The van der Waals surface area contributed by atoms with Crippen LogP contribution >= 0.6 is 0 Å². The highest BCUT2D eigenvalue weighted by molar-refractivity contribution is 4.80. The Hall–Kier alpha value is -0.800. The quantitative estimate of drug-likeness (QED) is 0.522. The van der Waals surface area contributed by atoms with Gasteiger partial charge in [-0.1, -0.05) is 0 Å². The fourth-order valence-corrected chi connectivity index (χ4v) is 0.825. The third kappa shape index (κ3) is 1.37. The molecule has 0 radical (unpaired) electrons. The van der Waals surface area contributed by atoms with E-state index in [1.165, 1.54) is 12.8 Å². The maximum absolute atomic E-state index is 4.09. The largest absolute Gasteiger partial charge is 0.192 e. The van der Waals surface area contributed by atoms with Gasteiger partial charge in [0.25, 0.3) is 0 Å². The summed E-state index contributed by atoms with van der Waals surface area (Å²) in [6, 6.07) is 0.524. The monoisotopic (exact) mass is 138 g/mol. The molecule has 0 N–H and O–H groups in total. The smallest absolute Gasteiger partial charge is 0.182 e. The van der Waals surface area contributed by atoms with Gasteiger partial charge in [-0.15, -0.1) is 0 Å². The molecule has 10 heavy (non-hydrogen) atoms. The van der Waals surface area contributed by atoms with E-state index in [2.05, 4.69) is 20.5 Å². The van der Waals surface area contributed by atoms with E-state index in [0.717, 1.165) is 13.0 Å². The molecule has 4 heteroatoms. The van der Waals surface area contributed by atoms with Crippen LogP contribution in [0.1, 0.15) is 19.3 Å². The van der Waals surface area contributed by atoms with Crippen LogP contribution in [0.5, 0.6) is 0 Å². The van der Waals surface area contributed by atoms with Gasteiger partial charge in [0, 0.05) is 6.42 Å². The first kappa shape index (κ1) is 5.95. The molecule has 0 bridgehead atoms. The Morgan fingerprint density at radius 3 is 2.60 bits per heavy atom. The highest BCUT2D eigenvalue weighted by Crippen LogP contribution is 2.24. The average Bonchev–Trinajstić information content (AvgIpc) is 2.63. The Kier molecular flexibility index (Phi) is 1.45. The van der Waals surface area contributed by atoms with Crippen molar-refractivity contribution in [1.29, 1.82) is 0 Å². The van der Waals surface area contributed by atoms with E-state index in [1.54, 1.807) is 0 Å². The Bertz CT molecular complexity index is 171. The molecule has 1 fully saturated rings. The van der Waals surface area contributed by atoms with Crippen LogP contribution in [0.2, 0.25) is 0 Å². The molecule has 0 spiro atoms. The molecule has 2 aliphatic rings. The summed E-state index contributed by atoms with van der Waals surface area (Å²) in [5.74, 6) is 0. The molecule has 0 saturated heterocycles. The fourth-order valence-electron chi connectivity index (χ4n) is 0.825. The molecule has 1 aliphatic heterocycles. The van der Waals surface area contributed by atoms with Crippen LogP contribution in [0.3, 0.4) is 0 Å². The van der Waals surface area contributed by atoms with Crippen LogP contribution in [0.25, 0.3) is 0 Å². The maximum atomic E-state index is 4.09. The number of hydrogen-bond donors (Lipinski definition) is 0. The van der Waals surface area contributed by atoms with Gasteiger partial charge < -0.3 is 0 Å². The zero-order chi connectivity index (χ0) is 6.81. The van der Waals surface area contributed by atoms with Crippen molar-refractivity contribution in [3.05, 3.63) is 0 Å². The Morgan fingerprint density at radius 2 is 2.00 bits per heavy atom. The molecule has 1 saturated carbocycles. The second-order valence-corrected chi connectivity index (χ2v) is 2.71. The van der Waals surface area contributed by atoms with Gasteiger partial charge in [0.2, 0.25) is 0 Å². The number of hydrogen-bond acceptors (Lipinski definition) is 4. The van der Waals surface area contributed by atoms with Crippen molar-refractivity contribution < 1.29 is 0 Å². The van der Waals surface area contributed by atoms with Crippen molar-refractivity contribution in [2.75, 3.05) is 6.54 Å². The molecule has 0 aromatic heterocycles. The van der Waals surface area contributed by atoms with E-state index in [4.69, 9.17) is 0 Å². The summed E-state index contributed by atoms with van der Waals surface area (Å²) in [5, 5.41) is 15.9. The molecule has 0 amide bonds. The van der Waals surface area contributed by atoms with Gasteiger partial charge in [-0.25, -0.2) is 0 Å². The zero-order valence-electron chi connectivity index (χ0n) is 5.77. The van der Waals surface area contributed by atoms with Gasteiger partial charge in [-0.3, -0.25) is 0 Å². The predicted molar refractivity (Wildman–Crippen MR) is 36.0 cm³/mol. The van der Waals surface area contributed by atoms with Gasteiger partial charge in [0.05, 0.1) is 12.6 Å². The van der Waals surface area contributed by atoms with Gasteiger partial charge in [0.1, 0.15) is 0 Å². The second kappa shape index (κ2) is 2.44. The average molecular weight is 138 g/mol. The first-order chi connectivity index (χ1) is 4.95. The highest BCUT2D eigenvalue weighted by Gasteiger charge is 2.21. The zero-order valence-corrected chi connectivity index (χ0v) is 5.77. The Balaban J connectivity index is 1.82. The lowest BCUT2D eigenvalue weighted by Gasteiger charge is -1.91. The molecule has 1 unspecified atom stereocenters. The van der Waals surface area contributed by atoms with Crippen molar-refractivity contribution in [3.8, 4) is 0 Å². The van der Waals surface area contributed by atoms with Gasteiger partial charge in [-0.05, 0) is 12.8 Å². The first-order valence-corrected chi connectivity index (χ1v) is 3.72. The standard InChI is InChI=1S/C6H10N4/c1-2-5(1)8-10-6-3-4-7-9-6/h5-6H,1-4H2. The van der Waals surface area contributed by atoms with Gasteiger partial charge in [0.15, 0.2) is 6.17 Å². The van der Waals surface area contributed by atoms with E-state index in [1.807, 2.05) is 0 Å². The van der Waals surface area contributed by atoms with E-state index in [-0.39, 0.29) is 6.17 Å². The molecule has 1 atom stereocenters. The van der Waals surface area contributed by atoms with Crippen LogP contribution in [0.15, 0.2) is 20.5 Å². The topological polar surface area (TPSA) is 49.4 Å². The fraction of sp³-hybridized carbons (Fsp3) is 1.00. The Labute approximate surface area is 59.4 Å². The summed E-state index contributed by atoms with van der Waals surface area (Å²) < 4.78 is 0. The van der Waals surface area contributed by atoms with Crippen molar-refractivity contribution in [2.45, 2.75) is 31.5 Å². The second-order valence-electron chi connectivity index (χ2n) is 2.71. The minimum absolute atomic E-state index is 0.0561. The van der Waals surface area contributed by atoms with Crippen molar-refractivity contribution >= 4 is 0 Å². The summed E-state index contributed by atoms with van der Waals surface area (Å²) in [7, 11) is 0. The minimum atomic E-state index is 0.0561. The van der Waals surface area contributed by atoms with Crippen LogP contribution < -0.4 is 0 Å². The number of nitrogens with zero attached hydrogens (tertiary/aromatic N) is 4. The molecular weight excluding hydrogens is 128 g/mol. The first-order valence-electron chi connectivity index (χ1n) is 3.72. The molecular formula is C6H10N4. The predicted octanol–water partition coefficient (Wildman–Crippen LogP) is 1.78. The Morgan fingerprint density at radius 1 is 1.10 bits per heavy atom. The molecule has 0 aromatic rings.